The van der Waals surface area contributed by atoms with E-state index in [1.54, 1.807) is 24.5 Å². The first-order valence-corrected chi connectivity index (χ1v) is 11.2. The van der Waals surface area contributed by atoms with Gasteiger partial charge in [-0.05, 0) is 42.2 Å². The van der Waals surface area contributed by atoms with E-state index in [1.165, 1.54) is 27.4 Å². The van der Waals surface area contributed by atoms with Crippen molar-refractivity contribution in [3.05, 3.63) is 65.9 Å². The van der Waals surface area contributed by atoms with Gasteiger partial charge in [-0.25, -0.2) is 4.79 Å². The molecule has 1 saturated carbocycles. The van der Waals surface area contributed by atoms with E-state index in [0.29, 0.717) is 47.6 Å². The Kier molecular flexibility index (Phi) is 7.21. The highest BCUT2D eigenvalue weighted by molar-refractivity contribution is 6.22. The predicted molar refractivity (Wildman–Crippen MR) is 127 cm³/mol. The molecule has 4 rings (SSSR count). The number of hydrogen-bond acceptors (Lipinski definition) is 7. The van der Waals surface area contributed by atoms with Gasteiger partial charge in [-0.15, -0.1) is 0 Å². The molecule has 7 heteroatoms. The fourth-order valence-electron chi connectivity index (χ4n) is 4.46. The topological polar surface area (TPSA) is 80.3 Å². The lowest BCUT2D eigenvalue weighted by Crippen LogP contribution is -2.41. The van der Waals surface area contributed by atoms with E-state index >= 15 is 0 Å². The van der Waals surface area contributed by atoms with Gasteiger partial charge in [-0.1, -0.05) is 30.3 Å². The van der Waals surface area contributed by atoms with Gasteiger partial charge in [0.2, 0.25) is 5.75 Å². The molecule has 3 unspecified atom stereocenters. The molecule has 0 N–H and O–H groups in total. The van der Waals surface area contributed by atoms with Gasteiger partial charge in [0.15, 0.2) is 17.3 Å². The van der Waals surface area contributed by atoms with Gasteiger partial charge in [0, 0.05) is 12.5 Å². The van der Waals surface area contributed by atoms with E-state index in [2.05, 4.69) is 0 Å². The van der Waals surface area contributed by atoms with Crippen molar-refractivity contribution in [2.24, 2.45) is 5.92 Å². The van der Waals surface area contributed by atoms with Crippen molar-refractivity contribution in [3.8, 4) is 17.2 Å². The Bertz CT molecular complexity index is 1080. The average molecular weight is 465 g/mol. The van der Waals surface area contributed by atoms with Crippen LogP contribution >= 0.6 is 0 Å². The van der Waals surface area contributed by atoms with Gasteiger partial charge in [-0.2, -0.15) is 0 Å². The molecular formula is C27H28O7. The van der Waals surface area contributed by atoms with E-state index in [4.69, 9.17) is 23.7 Å². The maximum Gasteiger partial charge on any atom is 0.331 e. The van der Waals surface area contributed by atoms with E-state index < -0.39 is 5.97 Å². The Morgan fingerprint density at radius 1 is 1.00 bits per heavy atom. The number of fused-ring (bicyclic) bond motifs is 1. The number of hydrogen-bond donors (Lipinski definition) is 0. The summed E-state index contributed by atoms with van der Waals surface area (Å²) in [6, 6.07) is 13.0. The number of esters is 1. The summed E-state index contributed by atoms with van der Waals surface area (Å²) in [7, 11) is 4.60. The minimum absolute atomic E-state index is 0.0922. The highest BCUT2D eigenvalue weighted by Crippen LogP contribution is 2.39. The van der Waals surface area contributed by atoms with Crippen molar-refractivity contribution < 1.29 is 33.3 Å². The third-order valence-corrected chi connectivity index (χ3v) is 6.17. The molecule has 7 nitrogen and oxygen atoms in total. The summed E-state index contributed by atoms with van der Waals surface area (Å²) < 4.78 is 27.5. The minimum atomic E-state index is -0.458. The number of ketones is 1. The van der Waals surface area contributed by atoms with Gasteiger partial charge in [0.1, 0.15) is 12.2 Å². The van der Waals surface area contributed by atoms with Crippen LogP contribution in [0.3, 0.4) is 0 Å². The summed E-state index contributed by atoms with van der Waals surface area (Å²) in [5, 5.41) is 0. The Morgan fingerprint density at radius 2 is 1.71 bits per heavy atom. The van der Waals surface area contributed by atoms with Crippen LogP contribution < -0.4 is 14.2 Å². The fourth-order valence-corrected chi connectivity index (χ4v) is 4.46. The molecule has 178 valence electrons. The third-order valence-electron chi connectivity index (χ3n) is 6.17. The van der Waals surface area contributed by atoms with Crippen LogP contribution in [0.15, 0.2) is 54.8 Å². The number of carbonyl (C=O) groups excluding carboxylic acids is 2. The number of allylic oxidation sites excluding steroid dienone is 1. The molecule has 0 aromatic heterocycles. The van der Waals surface area contributed by atoms with Gasteiger partial charge in [-0.3, -0.25) is 4.79 Å². The number of benzene rings is 2. The monoisotopic (exact) mass is 464 g/mol. The standard InChI is InChI=1S/C27H28O7/c1-30-23-13-17(14-24(31-2)27(23)32-3)9-12-25(28)34-19-10-11-20-22(15-19)33-16-21(26(20)29)18-7-5-4-6-8-18/h4-9,12-14,16,19-20,22H,10-11,15H2,1-3H3/b12-9+. The second-order valence-corrected chi connectivity index (χ2v) is 8.21. The third kappa shape index (κ3) is 4.93. The summed E-state index contributed by atoms with van der Waals surface area (Å²) >= 11 is 0. The number of carbonyl (C=O) groups is 2. The van der Waals surface area contributed by atoms with Gasteiger partial charge in [0.05, 0.1) is 39.1 Å². The summed E-state index contributed by atoms with van der Waals surface area (Å²) in [5.74, 6) is 0.887. The van der Waals surface area contributed by atoms with Crippen LogP contribution in [0.1, 0.15) is 30.4 Å². The smallest absolute Gasteiger partial charge is 0.331 e. The molecule has 0 amide bonds. The SMILES string of the molecule is COc1cc(/C=C/C(=O)OC2CCC3C(=O)C(c4ccccc4)=COC3C2)cc(OC)c1OC. The van der Waals surface area contributed by atoms with E-state index in [9.17, 15) is 9.59 Å². The normalized spacial score (nSPS) is 21.8. The van der Waals surface area contributed by atoms with Crippen molar-refractivity contribution >= 4 is 23.4 Å². The molecule has 34 heavy (non-hydrogen) atoms. The van der Waals surface area contributed by atoms with E-state index in [0.717, 1.165) is 5.56 Å². The Balaban J connectivity index is 1.38. The first-order chi connectivity index (χ1) is 16.5. The molecule has 2 aliphatic rings. The molecule has 1 aliphatic carbocycles. The molecule has 0 radical (unpaired) electrons. The van der Waals surface area contributed by atoms with Crippen LogP contribution in [-0.4, -0.2) is 45.3 Å². The number of rotatable bonds is 7. The molecule has 2 aromatic rings. The van der Waals surface area contributed by atoms with Crippen LogP contribution in [0.2, 0.25) is 0 Å². The molecule has 1 heterocycles. The quantitative estimate of drug-likeness (QED) is 0.442. The van der Waals surface area contributed by atoms with Crippen LogP contribution in [0.4, 0.5) is 0 Å². The summed E-state index contributed by atoms with van der Waals surface area (Å²) in [5.41, 5.74) is 2.16. The van der Waals surface area contributed by atoms with Crippen LogP contribution in [0.5, 0.6) is 17.2 Å². The fraction of sp³-hybridized carbons (Fsp3) is 0.333. The second-order valence-electron chi connectivity index (χ2n) is 8.21. The van der Waals surface area contributed by atoms with Crippen LogP contribution in [-0.2, 0) is 19.1 Å². The van der Waals surface area contributed by atoms with Crippen LogP contribution in [0.25, 0.3) is 11.6 Å². The first-order valence-electron chi connectivity index (χ1n) is 11.2. The minimum Gasteiger partial charge on any atom is -0.496 e. The molecular weight excluding hydrogens is 436 g/mol. The molecule has 0 spiro atoms. The Hall–Kier alpha value is -3.74. The van der Waals surface area contributed by atoms with Crippen molar-refractivity contribution in [1.29, 1.82) is 0 Å². The largest absolute Gasteiger partial charge is 0.496 e. The zero-order valence-electron chi connectivity index (χ0n) is 19.5. The number of ether oxygens (including phenoxy) is 5. The van der Waals surface area contributed by atoms with Gasteiger partial charge >= 0.3 is 5.97 Å². The number of methoxy groups -OCH3 is 3. The first kappa shape index (κ1) is 23.4. The zero-order chi connectivity index (χ0) is 24.1. The van der Waals surface area contributed by atoms with E-state index in [1.807, 2.05) is 30.3 Å². The maximum atomic E-state index is 13.0. The Morgan fingerprint density at radius 3 is 2.35 bits per heavy atom. The zero-order valence-corrected chi connectivity index (χ0v) is 19.5. The maximum absolute atomic E-state index is 13.0. The predicted octanol–water partition coefficient (Wildman–Crippen LogP) is 4.45. The molecule has 0 bridgehead atoms. The molecule has 1 aliphatic heterocycles. The van der Waals surface area contributed by atoms with Crippen molar-refractivity contribution in [1.82, 2.24) is 0 Å². The molecule has 0 saturated heterocycles. The van der Waals surface area contributed by atoms with Crippen molar-refractivity contribution in [3.63, 3.8) is 0 Å². The van der Waals surface area contributed by atoms with E-state index in [-0.39, 0.29) is 23.9 Å². The molecule has 3 atom stereocenters. The molecule has 1 fully saturated rings. The van der Waals surface area contributed by atoms with Gasteiger partial charge in [0.25, 0.3) is 0 Å². The summed E-state index contributed by atoms with van der Waals surface area (Å²) in [6.45, 7) is 0. The van der Waals surface area contributed by atoms with Crippen molar-refractivity contribution in [2.75, 3.05) is 21.3 Å². The lowest BCUT2D eigenvalue weighted by molar-refractivity contribution is -0.148. The highest BCUT2D eigenvalue weighted by Gasteiger charge is 2.41. The van der Waals surface area contributed by atoms with Gasteiger partial charge < -0.3 is 23.7 Å². The van der Waals surface area contributed by atoms with Crippen molar-refractivity contribution in [2.45, 2.75) is 31.5 Å². The summed E-state index contributed by atoms with van der Waals surface area (Å²) in [4.78, 5) is 25.5. The lowest BCUT2D eigenvalue weighted by Gasteiger charge is -2.37. The Labute approximate surface area is 198 Å². The van der Waals surface area contributed by atoms with Crippen LogP contribution in [0, 0.1) is 5.92 Å². The average Bonchev–Trinajstić information content (AvgIpc) is 2.87. The number of Topliss-reactive ketones (excluding diaryl/α,β-unsaturated/α-hetero) is 1. The summed E-state index contributed by atoms with van der Waals surface area (Å²) in [6.07, 6.45) is 5.67. The lowest BCUT2D eigenvalue weighted by atomic mass is 9.78. The molecule has 2 aromatic carbocycles. The highest BCUT2D eigenvalue weighted by atomic mass is 16.5. The second kappa shape index (κ2) is 10.5.